The fourth-order valence-electron chi connectivity index (χ4n) is 1.86. The highest BCUT2D eigenvalue weighted by molar-refractivity contribution is 7.99. The lowest BCUT2D eigenvalue weighted by Gasteiger charge is -2.10. The Morgan fingerprint density at radius 2 is 2.00 bits per heavy atom. The van der Waals surface area contributed by atoms with Crippen LogP contribution in [0.25, 0.3) is 0 Å². The molecule has 2 heterocycles. The summed E-state index contributed by atoms with van der Waals surface area (Å²) < 4.78 is 2.49. The maximum Gasteiger partial charge on any atom is 0.332 e. The average Bonchev–Trinajstić information content (AvgIpc) is 2.50. The zero-order valence-corrected chi connectivity index (χ0v) is 12.8. The Bertz CT molecular complexity index is 856. The summed E-state index contributed by atoms with van der Waals surface area (Å²) >= 11 is 0.993. The molecule has 0 radical (unpaired) electrons. The van der Waals surface area contributed by atoms with Crippen molar-refractivity contribution in [1.29, 1.82) is 0 Å². The number of Topliss-reactive ketones (excluding diaryl/α,β-unsaturated/α-hetero) is 1. The minimum Gasteiger partial charge on any atom is -0.618 e. The van der Waals surface area contributed by atoms with Crippen molar-refractivity contribution < 1.29 is 9.52 Å². The smallest absolute Gasteiger partial charge is 0.332 e. The number of carbonyl (C=O) groups is 1. The molecule has 0 unspecified atom stereocenters. The lowest BCUT2D eigenvalue weighted by atomic mass is 10.2. The molecule has 2 aromatic rings. The number of nitrogens with zero attached hydrogens (tertiary/aromatic N) is 3. The van der Waals surface area contributed by atoms with Gasteiger partial charge in [0.2, 0.25) is 0 Å². The number of hydrogen-bond donors (Lipinski definition) is 1. The van der Waals surface area contributed by atoms with Gasteiger partial charge < -0.3 is 10.9 Å². The Hall–Kier alpha value is -2.55. The molecular formula is C13H14N4O4S. The lowest BCUT2D eigenvalue weighted by Crippen LogP contribution is -2.42. The normalized spacial score (nSPS) is 10.6. The van der Waals surface area contributed by atoms with E-state index in [2.05, 4.69) is 0 Å². The van der Waals surface area contributed by atoms with Gasteiger partial charge in [-0.25, -0.2) is 4.79 Å². The summed E-state index contributed by atoms with van der Waals surface area (Å²) in [6, 6.07) is 4.80. The summed E-state index contributed by atoms with van der Waals surface area (Å²) in [7, 11) is 2.65. The van der Waals surface area contributed by atoms with E-state index in [4.69, 9.17) is 5.73 Å². The number of hydrogen-bond acceptors (Lipinski definition) is 6. The Morgan fingerprint density at radius 3 is 2.64 bits per heavy atom. The third-order valence-corrected chi connectivity index (χ3v) is 4.15. The first-order valence-electron chi connectivity index (χ1n) is 6.24. The predicted molar refractivity (Wildman–Crippen MR) is 81.8 cm³/mol. The highest BCUT2D eigenvalue weighted by Crippen LogP contribution is 2.15. The molecule has 0 aliphatic heterocycles. The maximum atomic E-state index is 12.2. The van der Waals surface area contributed by atoms with Gasteiger partial charge in [0.25, 0.3) is 10.6 Å². The molecule has 0 aliphatic rings. The summed E-state index contributed by atoms with van der Waals surface area (Å²) in [6.07, 6.45) is 1.31. The first kappa shape index (κ1) is 15.8. The van der Waals surface area contributed by atoms with Gasteiger partial charge in [-0.1, -0.05) is 0 Å². The van der Waals surface area contributed by atoms with Crippen molar-refractivity contribution in [2.24, 2.45) is 14.1 Å². The van der Waals surface area contributed by atoms with Gasteiger partial charge in [-0.3, -0.25) is 18.7 Å². The molecule has 0 fully saturated rings. The molecule has 0 atom stereocenters. The largest absolute Gasteiger partial charge is 0.618 e. The number of pyridine rings is 1. The van der Waals surface area contributed by atoms with Crippen LogP contribution in [-0.4, -0.2) is 20.7 Å². The zero-order chi connectivity index (χ0) is 16.4. The van der Waals surface area contributed by atoms with Crippen molar-refractivity contribution in [3.05, 3.63) is 56.0 Å². The average molecular weight is 322 g/mol. The van der Waals surface area contributed by atoms with E-state index >= 15 is 0 Å². The first-order chi connectivity index (χ1) is 10.3. The summed E-state index contributed by atoms with van der Waals surface area (Å²) in [4.78, 5) is 36.0. The third-order valence-electron chi connectivity index (χ3n) is 3.13. The Labute approximate surface area is 129 Å². The molecule has 0 spiro atoms. The number of nitrogens with two attached hydrogens (primary N) is 1. The Morgan fingerprint density at radius 1 is 1.32 bits per heavy atom. The summed E-state index contributed by atoms with van der Waals surface area (Å²) in [5.41, 5.74) is 4.11. The van der Waals surface area contributed by atoms with E-state index in [1.165, 1.54) is 20.3 Å². The van der Waals surface area contributed by atoms with Crippen LogP contribution in [0.2, 0.25) is 0 Å². The molecule has 116 valence electrons. The summed E-state index contributed by atoms with van der Waals surface area (Å²) in [5, 5.41) is 11.8. The molecule has 0 aromatic carbocycles. The van der Waals surface area contributed by atoms with E-state index in [1.54, 1.807) is 18.2 Å². The van der Waals surface area contributed by atoms with E-state index in [9.17, 15) is 19.6 Å². The molecule has 0 amide bonds. The van der Waals surface area contributed by atoms with Crippen LogP contribution in [0.4, 0.5) is 5.82 Å². The Balaban J connectivity index is 2.34. The molecule has 2 N–H and O–H groups in total. The number of carbonyl (C=O) groups excluding carboxylic acids is 1. The SMILES string of the molecule is Cn1c(N)c(C(=O)CSc2cccc[n+]2[O-])c(=O)n(C)c1=O. The van der Waals surface area contributed by atoms with Gasteiger partial charge in [-0.05, 0) is 17.8 Å². The standard InChI is InChI=1S/C13H14N4O4S/c1-15-11(14)10(12(19)16(2)13(15)20)8(18)7-22-9-5-3-4-6-17(9)21/h3-6H,7,14H2,1-2H3. The molecular weight excluding hydrogens is 308 g/mol. The fraction of sp³-hybridized carbons (Fsp3) is 0.231. The monoisotopic (exact) mass is 322 g/mol. The van der Waals surface area contributed by atoms with Crippen molar-refractivity contribution >= 4 is 23.4 Å². The second-order valence-electron chi connectivity index (χ2n) is 4.54. The van der Waals surface area contributed by atoms with Crippen molar-refractivity contribution in [1.82, 2.24) is 9.13 Å². The van der Waals surface area contributed by atoms with E-state index in [-0.39, 0.29) is 17.1 Å². The van der Waals surface area contributed by atoms with Crippen molar-refractivity contribution in [3.8, 4) is 0 Å². The van der Waals surface area contributed by atoms with Crippen LogP contribution in [0.5, 0.6) is 0 Å². The van der Waals surface area contributed by atoms with E-state index in [1.807, 2.05) is 0 Å². The van der Waals surface area contributed by atoms with E-state index in [0.717, 1.165) is 20.9 Å². The first-order valence-corrected chi connectivity index (χ1v) is 7.22. The van der Waals surface area contributed by atoms with Gasteiger partial charge >= 0.3 is 5.69 Å². The van der Waals surface area contributed by atoms with Gasteiger partial charge in [-0.2, -0.15) is 4.73 Å². The maximum absolute atomic E-state index is 12.2. The number of aromatic nitrogens is 3. The van der Waals surface area contributed by atoms with Gasteiger partial charge in [0.15, 0.2) is 12.0 Å². The second-order valence-corrected chi connectivity index (χ2v) is 5.54. The predicted octanol–water partition coefficient (Wildman–Crippen LogP) is -0.725. The van der Waals surface area contributed by atoms with Crippen LogP contribution in [0.3, 0.4) is 0 Å². The fourth-order valence-corrected chi connectivity index (χ4v) is 2.64. The number of ketones is 1. The minimum absolute atomic E-state index is 0.135. The van der Waals surface area contributed by atoms with Crippen LogP contribution >= 0.6 is 11.8 Å². The van der Waals surface area contributed by atoms with E-state index in [0.29, 0.717) is 9.76 Å². The van der Waals surface area contributed by atoms with E-state index < -0.39 is 17.0 Å². The Kier molecular flexibility index (Phi) is 4.36. The highest BCUT2D eigenvalue weighted by atomic mass is 32.2. The molecule has 0 aliphatic carbocycles. The molecule has 0 saturated carbocycles. The van der Waals surface area contributed by atoms with Crippen LogP contribution in [-0.2, 0) is 14.1 Å². The van der Waals surface area contributed by atoms with Gasteiger partial charge in [0.1, 0.15) is 11.4 Å². The minimum atomic E-state index is -0.741. The molecule has 9 heteroatoms. The van der Waals surface area contributed by atoms with Gasteiger partial charge in [0.05, 0.1) is 5.75 Å². The summed E-state index contributed by atoms with van der Waals surface area (Å²) in [5.74, 6) is -0.853. The zero-order valence-electron chi connectivity index (χ0n) is 12.0. The van der Waals surface area contributed by atoms with Crippen LogP contribution in [0, 0.1) is 5.21 Å². The van der Waals surface area contributed by atoms with Crippen LogP contribution in [0.15, 0.2) is 39.0 Å². The lowest BCUT2D eigenvalue weighted by molar-refractivity contribution is -0.645. The van der Waals surface area contributed by atoms with Gasteiger partial charge in [-0.15, -0.1) is 0 Å². The van der Waals surface area contributed by atoms with Crippen LogP contribution in [0.1, 0.15) is 10.4 Å². The molecule has 0 saturated heterocycles. The number of anilines is 1. The quantitative estimate of drug-likeness (QED) is 0.344. The number of thioether (sulfide) groups is 1. The topological polar surface area (TPSA) is 114 Å². The third kappa shape index (κ3) is 2.75. The molecule has 8 nitrogen and oxygen atoms in total. The molecule has 2 aromatic heterocycles. The molecule has 22 heavy (non-hydrogen) atoms. The highest BCUT2D eigenvalue weighted by Gasteiger charge is 2.21. The van der Waals surface area contributed by atoms with Gasteiger partial charge in [0, 0.05) is 26.2 Å². The second kappa shape index (κ2) is 6.06. The van der Waals surface area contributed by atoms with Crippen LogP contribution < -0.4 is 21.7 Å². The molecule has 0 bridgehead atoms. The number of nitrogen functional groups attached to an aromatic ring is 1. The van der Waals surface area contributed by atoms with Crippen molar-refractivity contribution in [2.45, 2.75) is 5.03 Å². The number of rotatable bonds is 4. The summed E-state index contributed by atoms with van der Waals surface area (Å²) in [6.45, 7) is 0. The molecule has 2 rings (SSSR count). The van der Waals surface area contributed by atoms with Crippen molar-refractivity contribution in [2.75, 3.05) is 11.5 Å². The van der Waals surface area contributed by atoms with Crippen molar-refractivity contribution in [3.63, 3.8) is 0 Å².